The van der Waals surface area contributed by atoms with Gasteiger partial charge in [0, 0.05) is 6.04 Å². The quantitative estimate of drug-likeness (QED) is 0.497. The predicted molar refractivity (Wildman–Crippen MR) is 69.9 cm³/mol. The predicted octanol–water partition coefficient (Wildman–Crippen LogP) is 4.13. The van der Waals surface area contributed by atoms with Crippen molar-refractivity contribution in [3.63, 3.8) is 0 Å². The van der Waals surface area contributed by atoms with Crippen LogP contribution in [0.15, 0.2) is 12.7 Å². The molecular weight excluding hydrogens is 182 g/mol. The molecule has 0 aliphatic carbocycles. The van der Waals surface area contributed by atoms with E-state index in [0.717, 1.165) is 25.2 Å². The normalized spacial score (nSPS) is 16.1. The summed E-state index contributed by atoms with van der Waals surface area (Å²) in [5, 5.41) is 0. The summed E-state index contributed by atoms with van der Waals surface area (Å²) < 4.78 is 0. The SMILES string of the molecule is C=CCCCC(N)CC(C)CC(C)(C)C. The lowest BCUT2D eigenvalue weighted by molar-refractivity contribution is 0.282. The highest BCUT2D eigenvalue weighted by Crippen LogP contribution is 2.26. The van der Waals surface area contributed by atoms with E-state index in [9.17, 15) is 0 Å². The molecular formula is C14H29N. The average Bonchev–Trinajstić information content (AvgIpc) is 2.00. The van der Waals surface area contributed by atoms with Crippen LogP contribution in [0.1, 0.15) is 59.8 Å². The molecule has 0 aromatic rings. The van der Waals surface area contributed by atoms with E-state index in [4.69, 9.17) is 5.73 Å². The molecule has 0 amide bonds. The number of hydrogen-bond acceptors (Lipinski definition) is 1. The third-order valence-corrected chi connectivity index (χ3v) is 2.65. The van der Waals surface area contributed by atoms with Gasteiger partial charge in [-0.3, -0.25) is 0 Å². The lowest BCUT2D eigenvalue weighted by atomic mass is 9.82. The van der Waals surface area contributed by atoms with Gasteiger partial charge in [-0.15, -0.1) is 6.58 Å². The lowest BCUT2D eigenvalue weighted by Gasteiger charge is -2.25. The van der Waals surface area contributed by atoms with Gasteiger partial charge in [-0.1, -0.05) is 33.8 Å². The van der Waals surface area contributed by atoms with E-state index in [2.05, 4.69) is 34.3 Å². The third-order valence-electron chi connectivity index (χ3n) is 2.65. The standard InChI is InChI=1S/C14H29N/c1-6-7-8-9-13(15)10-12(2)11-14(3,4)5/h6,12-13H,1,7-11,15H2,2-5H3. The highest BCUT2D eigenvalue weighted by molar-refractivity contribution is 4.73. The molecule has 0 aliphatic heterocycles. The second-order valence-electron chi connectivity index (χ2n) is 6.09. The minimum atomic E-state index is 0.377. The Morgan fingerprint density at radius 3 is 2.40 bits per heavy atom. The summed E-state index contributed by atoms with van der Waals surface area (Å²) in [6.45, 7) is 12.9. The van der Waals surface area contributed by atoms with Crippen molar-refractivity contribution in [3.05, 3.63) is 12.7 Å². The van der Waals surface area contributed by atoms with Crippen molar-refractivity contribution < 1.29 is 0 Å². The van der Waals surface area contributed by atoms with Crippen LogP contribution >= 0.6 is 0 Å². The Morgan fingerprint density at radius 1 is 1.33 bits per heavy atom. The van der Waals surface area contributed by atoms with E-state index in [1.807, 2.05) is 6.08 Å². The van der Waals surface area contributed by atoms with Crippen LogP contribution in [-0.2, 0) is 0 Å². The first kappa shape index (κ1) is 14.7. The molecule has 0 heterocycles. The van der Waals surface area contributed by atoms with E-state index in [1.54, 1.807) is 0 Å². The second-order valence-corrected chi connectivity index (χ2v) is 6.09. The molecule has 2 atom stereocenters. The monoisotopic (exact) mass is 211 g/mol. The molecule has 0 radical (unpaired) electrons. The smallest absolute Gasteiger partial charge is 0.00414 e. The number of rotatable bonds is 7. The average molecular weight is 211 g/mol. The Kier molecular flexibility index (Phi) is 6.91. The van der Waals surface area contributed by atoms with Crippen molar-refractivity contribution in [1.82, 2.24) is 0 Å². The van der Waals surface area contributed by atoms with Crippen molar-refractivity contribution in [2.45, 2.75) is 65.8 Å². The highest BCUT2D eigenvalue weighted by atomic mass is 14.6. The fourth-order valence-corrected chi connectivity index (χ4v) is 2.29. The van der Waals surface area contributed by atoms with Crippen LogP contribution in [-0.4, -0.2) is 6.04 Å². The summed E-state index contributed by atoms with van der Waals surface area (Å²) >= 11 is 0. The number of unbranched alkanes of at least 4 members (excludes halogenated alkanes) is 1. The largest absolute Gasteiger partial charge is 0.328 e. The molecule has 0 rings (SSSR count). The molecule has 2 N–H and O–H groups in total. The van der Waals surface area contributed by atoms with Gasteiger partial charge >= 0.3 is 0 Å². The zero-order valence-corrected chi connectivity index (χ0v) is 11.1. The fourth-order valence-electron chi connectivity index (χ4n) is 2.29. The molecule has 0 aromatic heterocycles. The first-order chi connectivity index (χ1) is 6.85. The van der Waals surface area contributed by atoms with Crippen molar-refractivity contribution >= 4 is 0 Å². The zero-order chi connectivity index (χ0) is 11.9. The maximum atomic E-state index is 6.10. The van der Waals surface area contributed by atoms with Crippen LogP contribution in [0.4, 0.5) is 0 Å². The van der Waals surface area contributed by atoms with Gasteiger partial charge in [0.25, 0.3) is 0 Å². The van der Waals surface area contributed by atoms with Gasteiger partial charge in [0.1, 0.15) is 0 Å². The number of allylic oxidation sites excluding steroid dienone is 1. The van der Waals surface area contributed by atoms with E-state index < -0.39 is 0 Å². The van der Waals surface area contributed by atoms with Crippen molar-refractivity contribution in [2.24, 2.45) is 17.1 Å². The van der Waals surface area contributed by atoms with E-state index in [1.165, 1.54) is 12.8 Å². The third kappa shape index (κ3) is 9.99. The van der Waals surface area contributed by atoms with Crippen molar-refractivity contribution in [3.8, 4) is 0 Å². The molecule has 0 bridgehead atoms. The van der Waals surface area contributed by atoms with E-state index >= 15 is 0 Å². The Bertz CT molecular complexity index is 167. The van der Waals surface area contributed by atoms with Gasteiger partial charge in [-0.25, -0.2) is 0 Å². The molecule has 0 saturated heterocycles. The van der Waals surface area contributed by atoms with Crippen LogP contribution in [0.2, 0.25) is 0 Å². The number of nitrogens with two attached hydrogens (primary N) is 1. The van der Waals surface area contributed by atoms with Crippen LogP contribution < -0.4 is 5.73 Å². The summed E-state index contributed by atoms with van der Waals surface area (Å²) in [4.78, 5) is 0. The Hall–Kier alpha value is -0.300. The lowest BCUT2D eigenvalue weighted by Crippen LogP contribution is -2.24. The molecule has 0 aliphatic rings. The maximum absolute atomic E-state index is 6.10. The first-order valence-electron chi connectivity index (χ1n) is 6.21. The second kappa shape index (κ2) is 7.05. The number of hydrogen-bond donors (Lipinski definition) is 1. The van der Waals surface area contributed by atoms with Crippen molar-refractivity contribution in [2.75, 3.05) is 0 Å². The van der Waals surface area contributed by atoms with Gasteiger partial charge in [-0.05, 0) is 43.4 Å². The Balaban J connectivity index is 3.66. The minimum absolute atomic E-state index is 0.377. The first-order valence-corrected chi connectivity index (χ1v) is 6.21. The molecule has 0 aromatic carbocycles. The fraction of sp³-hybridized carbons (Fsp3) is 0.857. The van der Waals surface area contributed by atoms with Crippen LogP contribution in [0.3, 0.4) is 0 Å². The van der Waals surface area contributed by atoms with E-state index in [-0.39, 0.29) is 0 Å². The maximum Gasteiger partial charge on any atom is 0.00414 e. The Labute approximate surface area is 96.1 Å². The molecule has 0 saturated carbocycles. The van der Waals surface area contributed by atoms with Gasteiger partial charge in [-0.2, -0.15) is 0 Å². The summed E-state index contributed by atoms with van der Waals surface area (Å²) in [6, 6.07) is 0.377. The summed E-state index contributed by atoms with van der Waals surface area (Å²) in [5.41, 5.74) is 6.53. The highest BCUT2D eigenvalue weighted by Gasteiger charge is 2.17. The van der Waals surface area contributed by atoms with Gasteiger partial charge in [0.2, 0.25) is 0 Å². The van der Waals surface area contributed by atoms with Gasteiger partial charge in [0.15, 0.2) is 0 Å². The van der Waals surface area contributed by atoms with Crippen LogP contribution in [0.5, 0.6) is 0 Å². The molecule has 15 heavy (non-hydrogen) atoms. The van der Waals surface area contributed by atoms with Crippen LogP contribution in [0, 0.1) is 11.3 Å². The zero-order valence-electron chi connectivity index (χ0n) is 11.1. The summed E-state index contributed by atoms with van der Waals surface area (Å²) in [5.74, 6) is 0.740. The van der Waals surface area contributed by atoms with Crippen LogP contribution in [0.25, 0.3) is 0 Å². The molecule has 1 heteroatoms. The summed E-state index contributed by atoms with van der Waals surface area (Å²) in [6.07, 6.45) is 7.83. The Morgan fingerprint density at radius 2 is 1.93 bits per heavy atom. The van der Waals surface area contributed by atoms with Gasteiger partial charge in [0.05, 0.1) is 0 Å². The molecule has 0 fully saturated rings. The van der Waals surface area contributed by atoms with Gasteiger partial charge < -0.3 is 5.73 Å². The molecule has 90 valence electrons. The molecule has 2 unspecified atom stereocenters. The molecule has 0 spiro atoms. The molecule has 1 nitrogen and oxygen atoms in total. The topological polar surface area (TPSA) is 26.0 Å². The van der Waals surface area contributed by atoms with E-state index in [0.29, 0.717) is 11.5 Å². The minimum Gasteiger partial charge on any atom is -0.328 e. The van der Waals surface area contributed by atoms with Crippen molar-refractivity contribution in [1.29, 1.82) is 0 Å². The summed E-state index contributed by atoms with van der Waals surface area (Å²) in [7, 11) is 0.